The first-order valence-electron chi connectivity index (χ1n) is 3.62. The van der Waals surface area contributed by atoms with Gasteiger partial charge in [-0.15, -0.1) is 11.8 Å². The van der Waals surface area contributed by atoms with Crippen molar-refractivity contribution in [2.24, 2.45) is 5.92 Å². The summed E-state index contributed by atoms with van der Waals surface area (Å²) in [5, 5.41) is 6.74. The Morgan fingerprint density at radius 3 is 3.00 bits per heavy atom. The maximum Gasteiger partial charge on any atom is 0.322 e. The third-order valence-corrected chi connectivity index (χ3v) is 3.18. The lowest BCUT2D eigenvalue weighted by Crippen LogP contribution is -2.55. The Balaban J connectivity index is 2.24. The molecule has 1 saturated heterocycles. The molecule has 3 amide bonds. The molecular formula is C7H8N2O2S. The summed E-state index contributed by atoms with van der Waals surface area (Å²) >= 11 is 1.49. The Bertz CT molecular complexity index is 287. The number of hydrogen-bond donors (Lipinski definition) is 2. The molecule has 0 aliphatic carbocycles. The van der Waals surface area contributed by atoms with Crippen LogP contribution >= 0.6 is 11.8 Å². The second-order valence-electron chi connectivity index (χ2n) is 2.86. The number of carbonyl (C=O) groups is 2. The van der Waals surface area contributed by atoms with Crippen LogP contribution in [0, 0.1) is 5.92 Å². The monoisotopic (exact) mass is 184 g/mol. The summed E-state index contributed by atoms with van der Waals surface area (Å²) in [6, 6.07) is -0.392. The van der Waals surface area contributed by atoms with E-state index < -0.39 is 6.03 Å². The fourth-order valence-corrected chi connectivity index (χ4v) is 2.57. The highest BCUT2D eigenvalue weighted by Gasteiger charge is 2.39. The highest BCUT2D eigenvalue weighted by molar-refractivity contribution is 8.03. The zero-order valence-corrected chi connectivity index (χ0v) is 7.27. The number of carbonyl (C=O) groups excluding carboxylic acids is 2. The van der Waals surface area contributed by atoms with Crippen molar-refractivity contribution >= 4 is 23.7 Å². The molecule has 0 saturated carbocycles. The number of urea groups is 1. The number of rotatable bonds is 0. The predicted octanol–water partition coefficient (Wildman–Crippen LogP) is 0.419. The smallest absolute Gasteiger partial charge is 0.322 e. The molecule has 2 aliphatic rings. The van der Waals surface area contributed by atoms with Crippen molar-refractivity contribution in [1.29, 1.82) is 0 Å². The zero-order chi connectivity index (χ0) is 8.72. The average Bonchev–Trinajstić information content (AvgIpc) is 2.31. The average molecular weight is 184 g/mol. The summed E-state index contributed by atoms with van der Waals surface area (Å²) in [6.07, 6.45) is 0. The van der Waals surface area contributed by atoms with Crippen LogP contribution < -0.4 is 10.6 Å². The van der Waals surface area contributed by atoms with Crippen molar-refractivity contribution < 1.29 is 9.59 Å². The second kappa shape index (κ2) is 2.52. The maximum atomic E-state index is 11.3. The number of amides is 3. The fourth-order valence-electron chi connectivity index (χ4n) is 1.39. The molecule has 0 aromatic carbocycles. The molecule has 0 bridgehead atoms. The van der Waals surface area contributed by atoms with Gasteiger partial charge in [-0.1, -0.05) is 5.57 Å². The van der Waals surface area contributed by atoms with E-state index in [9.17, 15) is 9.59 Å². The first-order valence-corrected chi connectivity index (χ1v) is 4.56. The van der Waals surface area contributed by atoms with Gasteiger partial charge in [-0.3, -0.25) is 10.1 Å². The number of thioether (sulfide) groups is 1. The molecule has 2 heterocycles. The molecule has 5 heteroatoms. The molecule has 0 unspecified atom stereocenters. The molecule has 1 fully saturated rings. The van der Waals surface area contributed by atoms with Crippen LogP contribution in [-0.4, -0.2) is 17.3 Å². The molecular weight excluding hydrogens is 176 g/mol. The Morgan fingerprint density at radius 2 is 2.25 bits per heavy atom. The van der Waals surface area contributed by atoms with E-state index >= 15 is 0 Å². The maximum absolute atomic E-state index is 11.3. The van der Waals surface area contributed by atoms with Crippen LogP contribution in [-0.2, 0) is 4.79 Å². The number of hydrogen-bond acceptors (Lipinski definition) is 3. The van der Waals surface area contributed by atoms with Crippen molar-refractivity contribution in [1.82, 2.24) is 10.6 Å². The third kappa shape index (κ3) is 1.01. The van der Waals surface area contributed by atoms with Crippen molar-refractivity contribution in [3.8, 4) is 0 Å². The van der Waals surface area contributed by atoms with Crippen molar-refractivity contribution in [3.05, 3.63) is 11.0 Å². The van der Waals surface area contributed by atoms with Crippen molar-refractivity contribution in [2.45, 2.75) is 12.3 Å². The minimum Gasteiger partial charge on any atom is -0.325 e. The molecule has 2 aliphatic heterocycles. The first-order chi connectivity index (χ1) is 5.68. The minimum atomic E-state index is -0.392. The molecule has 12 heavy (non-hydrogen) atoms. The summed E-state index contributed by atoms with van der Waals surface area (Å²) < 4.78 is 0. The summed E-state index contributed by atoms with van der Waals surface area (Å²) in [5.41, 5.74) is 1.02. The van der Waals surface area contributed by atoms with Gasteiger partial charge in [0.25, 0.3) is 0 Å². The zero-order valence-electron chi connectivity index (χ0n) is 6.46. The highest BCUT2D eigenvalue weighted by atomic mass is 32.2. The lowest BCUT2D eigenvalue weighted by atomic mass is 10.00. The molecule has 0 radical (unpaired) electrons. The van der Waals surface area contributed by atoms with Crippen LogP contribution in [0.3, 0.4) is 0 Å². The van der Waals surface area contributed by atoms with E-state index in [-0.39, 0.29) is 17.2 Å². The van der Waals surface area contributed by atoms with Gasteiger partial charge < -0.3 is 5.32 Å². The largest absolute Gasteiger partial charge is 0.325 e. The minimum absolute atomic E-state index is 0.0914. The quantitative estimate of drug-likeness (QED) is 0.573. The third-order valence-electron chi connectivity index (χ3n) is 1.99. The number of imide groups is 1. The van der Waals surface area contributed by atoms with Crippen LogP contribution in [0.4, 0.5) is 4.79 Å². The Labute approximate surface area is 73.8 Å². The van der Waals surface area contributed by atoms with Gasteiger partial charge in [0.15, 0.2) is 0 Å². The molecule has 2 atom stereocenters. The van der Waals surface area contributed by atoms with Gasteiger partial charge in [0.05, 0.1) is 11.3 Å². The summed E-state index contributed by atoms with van der Waals surface area (Å²) in [7, 11) is 0. The van der Waals surface area contributed by atoms with E-state index in [0.717, 1.165) is 5.57 Å². The van der Waals surface area contributed by atoms with Crippen LogP contribution in [0.15, 0.2) is 11.0 Å². The lowest BCUT2D eigenvalue weighted by Gasteiger charge is -2.25. The fraction of sp³-hybridized carbons (Fsp3) is 0.429. The van der Waals surface area contributed by atoms with Crippen LogP contribution in [0.2, 0.25) is 0 Å². The van der Waals surface area contributed by atoms with Crippen LogP contribution in [0.25, 0.3) is 0 Å². The van der Waals surface area contributed by atoms with Gasteiger partial charge >= 0.3 is 6.03 Å². The first kappa shape index (κ1) is 7.67. The summed E-state index contributed by atoms with van der Waals surface area (Å²) in [4.78, 5) is 22.1. The normalized spacial score (nSPS) is 33.6. The lowest BCUT2D eigenvalue weighted by molar-refractivity contribution is -0.123. The molecule has 0 aromatic heterocycles. The summed E-state index contributed by atoms with van der Waals surface area (Å²) in [5.74, 6) is -0.366. The van der Waals surface area contributed by atoms with Gasteiger partial charge in [0.1, 0.15) is 0 Å². The van der Waals surface area contributed by atoms with Crippen LogP contribution in [0.5, 0.6) is 0 Å². The van der Waals surface area contributed by atoms with Crippen molar-refractivity contribution in [3.63, 3.8) is 0 Å². The molecule has 4 nitrogen and oxygen atoms in total. The van der Waals surface area contributed by atoms with E-state index in [1.54, 1.807) is 0 Å². The molecule has 0 aromatic rings. The Kier molecular flexibility index (Phi) is 1.61. The summed E-state index contributed by atoms with van der Waals surface area (Å²) in [6.45, 7) is 1.90. The van der Waals surface area contributed by atoms with E-state index in [1.165, 1.54) is 11.8 Å². The van der Waals surface area contributed by atoms with Gasteiger partial charge in [0, 0.05) is 0 Å². The van der Waals surface area contributed by atoms with E-state index in [4.69, 9.17) is 0 Å². The topological polar surface area (TPSA) is 58.2 Å². The van der Waals surface area contributed by atoms with E-state index in [1.807, 2.05) is 12.3 Å². The molecule has 2 N–H and O–H groups in total. The van der Waals surface area contributed by atoms with Gasteiger partial charge in [-0.25, -0.2) is 4.79 Å². The van der Waals surface area contributed by atoms with Gasteiger partial charge in [0.2, 0.25) is 5.91 Å². The number of fused-ring (bicyclic) bond motifs is 1. The van der Waals surface area contributed by atoms with E-state index in [2.05, 4.69) is 10.6 Å². The number of nitrogens with one attached hydrogen (secondary N) is 2. The van der Waals surface area contributed by atoms with Gasteiger partial charge in [-0.05, 0) is 12.3 Å². The highest BCUT2D eigenvalue weighted by Crippen LogP contribution is 2.35. The Morgan fingerprint density at radius 1 is 1.50 bits per heavy atom. The second-order valence-corrected chi connectivity index (χ2v) is 3.87. The SMILES string of the molecule is CC1=CS[C@H]2NC(=O)NC(=O)[C@H]12. The predicted molar refractivity (Wildman–Crippen MR) is 45.3 cm³/mol. The molecule has 64 valence electrons. The molecule has 0 spiro atoms. The molecule has 2 rings (SSSR count). The van der Waals surface area contributed by atoms with Gasteiger partial charge in [-0.2, -0.15) is 0 Å². The van der Waals surface area contributed by atoms with Crippen molar-refractivity contribution in [2.75, 3.05) is 0 Å². The Hall–Kier alpha value is -0.970. The van der Waals surface area contributed by atoms with E-state index in [0.29, 0.717) is 0 Å². The van der Waals surface area contributed by atoms with Crippen LogP contribution in [0.1, 0.15) is 6.92 Å². The standard InChI is InChI=1S/C7H8N2O2S/c1-3-2-12-6-4(3)5(10)8-7(11)9-6/h2,4,6H,1H3,(H2,8,9,10,11)/t4-,6+/m0/s1.